The summed E-state index contributed by atoms with van der Waals surface area (Å²) in [5.41, 5.74) is -0.977. The van der Waals surface area contributed by atoms with Crippen LogP contribution < -0.4 is 10.6 Å². The zero-order valence-electron chi connectivity index (χ0n) is 8.36. The Morgan fingerprint density at radius 3 is 1.88 bits per heavy atom. The number of benzene rings is 1. The van der Waals surface area contributed by atoms with Crippen LogP contribution in [-0.2, 0) is 0 Å². The summed E-state index contributed by atoms with van der Waals surface area (Å²) < 4.78 is 51.9. The fourth-order valence-corrected chi connectivity index (χ4v) is 1.27. The number of nitrogens with one attached hydrogen (secondary N) is 2. The van der Waals surface area contributed by atoms with Crippen molar-refractivity contribution in [3.05, 3.63) is 29.3 Å². The van der Waals surface area contributed by atoms with E-state index in [1.807, 2.05) is 0 Å². The van der Waals surface area contributed by atoms with E-state index in [1.54, 1.807) is 0 Å². The number of aliphatic imine (C=N–C) groups is 1. The summed E-state index contributed by atoms with van der Waals surface area (Å²) in [6, 6.07) is 0.143. The van der Waals surface area contributed by atoms with Gasteiger partial charge in [-0.15, -0.1) is 12.4 Å². The van der Waals surface area contributed by atoms with Crippen LogP contribution in [0.5, 0.6) is 0 Å². The van der Waals surface area contributed by atoms with Crippen LogP contribution in [0.4, 0.5) is 23.2 Å². The lowest BCUT2D eigenvalue weighted by molar-refractivity contribution is 0.457. The number of halogens is 5. The molecule has 1 aromatic rings. The van der Waals surface area contributed by atoms with Gasteiger partial charge in [0.25, 0.3) is 0 Å². The molecule has 3 nitrogen and oxygen atoms in total. The van der Waals surface area contributed by atoms with Crippen LogP contribution in [0.2, 0.25) is 0 Å². The van der Waals surface area contributed by atoms with Gasteiger partial charge in [-0.1, -0.05) is 0 Å². The van der Waals surface area contributed by atoms with Crippen LogP contribution in [0.15, 0.2) is 11.1 Å². The molecule has 8 heteroatoms. The molecule has 0 radical (unpaired) electrons. The SMILES string of the molecule is Cl.Fc1cc(F)c(F)c(N=C2NCCN2)c1F. The lowest BCUT2D eigenvalue weighted by atomic mass is 10.2. The molecule has 0 atom stereocenters. The Morgan fingerprint density at radius 2 is 1.41 bits per heavy atom. The van der Waals surface area contributed by atoms with Crippen molar-refractivity contribution in [2.75, 3.05) is 13.1 Å². The maximum atomic E-state index is 13.2. The molecule has 0 unspecified atom stereocenters. The first kappa shape index (κ1) is 13.6. The number of hydrogen-bond donors (Lipinski definition) is 2. The second-order valence-corrected chi connectivity index (χ2v) is 3.13. The second-order valence-electron chi connectivity index (χ2n) is 3.13. The minimum atomic E-state index is -1.51. The van der Waals surface area contributed by atoms with Gasteiger partial charge in [-0.05, 0) is 0 Å². The molecule has 0 bridgehead atoms. The van der Waals surface area contributed by atoms with Gasteiger partial charge in [0.05, 0.1) is 0 Å². The Morgan fingerprint density at radius 1 is 0.941 bits per heavy atom. The summed E-state index contributed by atoms with van der Waals surface area (Å²) >= 11 is 0. The third kappa shape index (κ3) is 2.60. The fourth-order valence-electron chi connectivity index (χ4n) is 1.27. The van der Waals surface area contributed by atoms with Crippen molar-refractivity contribution in [3.8, 4) is 0 Å². The Bertz CT molecular complexity index is 430. The Balaban J connectivity index is 0.00000144. The largest absolute Gasteiger partial charge is 0.354 e. The number of guanidine groups is 1. The van der Waals surface area contributed by atoms with E-state index in [4.69, 9.17) is 0 Å². The van der Waals surface area contributed by atoms with Crippen LogP contribution in [-0.4, -0.2) is 19.0 Å². The predicted octanol–water partition coefficient (Wildman–Crippen LogP) is 1.85. The van der Waals surface area contributed by atoms with E-state index in [-0.39, 0.29) is 24.4 Å². The molecule has 0 saturated carbocycles. The van der Waals surface area contributed by atoms with Crippen molar-refractivity contribution in [1.82, 2.24) is 10.6 Å². The highest BCUT2D eigenvalue weighted by Gasteiger charge is 2.20. The second kappa shape index (κ2) is 5.22. The van der Waals surface area contributed by atoms with E-state index >= 15 is 0 Å². The first-order valence-electron chi connectivity index (χ1n) is 4.49. The normalized spacial score (nSPS) is 13.8. The third-order valence-corrected chi connectivity index (χ3v) is 2.02. The van der Waals surface area contributed by atoms with Gasteiger partial charge in [0, 0.05) is 19.2 Å². The summed E-state index contributed by atoms with van der Waals surface area (Å²) in [5, 5.41) is 5.32. The van der Waals surface area contributed by atoms with Gasteiger partial charge < -0.3 is 10.6 Å². The quantitative estimate of drug-likeness (QED) is 0.603. The minimum absolute atomic E-state index is 0. The van der Waals surface area contributed by atoms with Crippen molar-refractivity contribution in [3.63, 3.8) is 0 Å². The maximum absolute atomic E-state index is 13.2. The molecule has 1 aromatic carbocycles. The minimum Gasteiger partial charge on any atom is -0.354 e. The summed E-state index contributed by atoms with van der Waals surface area (Å²) in [6.07, 6.45) is 0. The lowest BCUT2D eigenvalue weighted by Gasteiger charge is -2.03. The van der Waals surface area contributed by atoms with Crippen LogP contribution in [0.3, 0.4) is 0 Å². The molecular formula is C9H8ClF4N3. The van der Waals surface area contributed by atoms with E-state index in [0.29, 0.717) is 13.1 Å². The highest BCUT2D eigenvalue weighted by atomic mass is 35.5. The van der Waals surface area contributed by atoms with Gasteiger partial charge in [0.2, 0.25) is 0 Å². The molecule has 17 heavy (non-hydrogen) atoms. The Kier molecular flexibility index (Phi) is 4.17. The molecule has 1 heterocycles. The molecule has 0 spiro atoms. The average Bonchev–Trinajstić information content (AvgIpc) is 2.74. The Labute approximate surface area is 100 Å². The standard InChI is InChI=1S/C9H7F4N3.ClH/c10-4-3-5(11)7(13)8(6(4)12)16-9-14-1-2-15-9;/h3H,1-2H2,(H2,14,15,16);1H. The topological polar surface area (TPSA) is 36.4 Å². The molecular weight excluding hydrogens is 262 g/mol. The van der Waals surface area contributed by atoms with Crippen molar-refractivity contribution < 1.29 is 17.6 Å². The van der Waals surface area contributed by atoms with E-state index < -0.39 is 29.0 Å². The first-order chi connectivity index (χ1) is 7.59. The van der Waals surface area contributed by atoms with Crippen molar-refractivity contribution in [1.29, 1.82) is 0 Å². The molecule has 94 valence electrons. The van der Waals surface area contributed by atoms with Crippen LogP contribution in [0, 0.1) is 23.3 Å². The van der Waals surface area contributed by atoms with Gasteiger partial charge in [0.1, 0.15) is 5.69 Å². The summed E-state index contributed by atoms with van der Waals surface area (Å²) in [4.78, 5) is 3.44. The molecule has 1 fully saturated rings. The lowest BCUT2D eigenvalue weighted by Crippen LogP contribution is -2.23. The van der Waals surface area contributed by atoms with Gasteiger partial charge >= 0.3 is 0 Å². The van der Waals surface area contributed by atoms with Gasteiger partial charge in [-0.3, -0.25) is 0 Å². The van der Waals surface area contributed by atoms with Gasteiger partial charge in [-0.25, -0.2) is 22.6 Å². The zero-order chi connectivity index (χ0) is 11.7. The molecule has 1 aliphatic rings. The van der Waals surface area contributed by atoms with E-state index in [2.05, 4.69) is 15.6 Å². The van der Waals surface area contributed by atoms with E-state index in [9.17, 15) is 17.6 Å². The monoisotopic (exact) mass is 269 g/mol. The van der Waals surface area contributed by atoms with Crippen LogP contribution >= 0.6 is 12.4 Å². The highest BCUT2D eigenvalue weighted by molar-refractivity contribution is 5.85. The summed E-state index contributed by atoms with van der Waals surface area (Å²) in [5.74, 6) is -5.89. The number of hydrogen-bond acceptors (Lipinski definition) is 1. The highest BCUT2D eigenvalue weighted by Crippen LogP contribution is 2.26. The van der Waals surface area contributed by atoms with Crippen molar-refractivity contribution in [2.24, 2.45) is 4.99 Å². The van der Waals surface area contributed by atoms with Crippen molar-refractivity contribution >= 4 is 24.1 Å². The number of rotatable bonds is 1. The molecule has 2 rings (SSSR count). The zero-order valence-corrected chi connectivity index (χ0v) is 9.18. The van der Waals surface area contributed by atoms with Crippen LogP contribution in [0.1, 0.15) is 0 Å². The molecule has 1 aliphatic heterocycles. The van der Waals surface area contributed by atoms with Gasteiger partial charge in [0.15, 0.2) is 29.2 Å². The molecule has 0 amide bonds. The molecule has 0 aliphatic carbocycles. The molecule has 2 N–H and O–H groups in total. The average molecular weight is 270 g/mol. The van der Waals surface area contributed by atoms with Crippen LogP contribution in [0.25, 0.3) is 0 Å². The molecule has 0 aromatic heterocycles. The van der Waals surface area contributed by atoms with Crippen molar-refractivity contribution in [2.45, 2.75) is 0 Å². The van der Waals surface area contributed by atoms with E-state index in [1.165, 1.54) is 0 Å². The predicted molar refractivity (Wildman–Crippen MR) is 56.6 cm³/mol. The summed E-state index contributed by atoms with van der Waals surface area (Å²) in [7, 11) is 0. The van der Waals surface area contributed by atoms with E-state index in [0.717, 1.165) is 0 Å². The Hall–Kier alpha value is -1.50. The van der Waals surface area contributed by atoms with Gasteiger partial charge in [-0.2, -0.15) is 0 Å². The summed E-state index contributed by atoms with van der Waals surface area (Å²) in [6.45, 7) is 1.06. The fraction of sp³-hybridized carbons (Fsp3) is 0.222. The third-order valence-electron chi connectivity index (χ3n) is 2.02. The molecule has 1 saturated heterocycles. The maximum Gasteiger partial charge on any atom is 0.196 e. The first-order valence-corrected chi connectivity index (χ1v) is 4.49. The number of nitrogens with zero attached hydrogens (tertiary/aromatic N) is 1. The smallest absolute Gasteiger partial charge is 0.196 e.